The third-order valence-electron chi connectivity index (χ3n) is 28.6. The lowest BCUT2D eigenvalue weighted by Crippen LogP contribution is -2.41. The summed E-state index contributed by atoms with van der Waals surface area (Å²) in [4.78, 5) is 9.72. The van der Waals surface area contributed by atoms with Gasteiger partial charge in [0.2, 0.25) is 0 Å². The average Bonchev–Trinajstić information content (AvgIpc) is 1.57. The molecule has 1 fully saturated rings. The average molecular weight is 1920 g/mol. The van der Waals surface area contributed by atoms with Gasteiger partial charge in [-0.25, -0.2) is 0 Å². The second kappa shape index (κ2) is 37.3. The van der Waals surface area contributed by atoms with E-state index in [9.17, 15) is 0 Å². The molecule has 10 nitrogen and oxygen atoms in total. The summed E-state index contributed by atoms with van der Waals surface area (Å²) in [7, 11) is -6.43. The summed E-state index contributed by atoms with van der Waals surface area (Å²) in [6.45, 7) is 39.4. The Morgan fingerprint density at radius 3 is 0.951 bits per heavy atom. The normalized spacial score (nSPS) is 13.3. The summed E-state index contributed by atoms with van der Waals surface area (Å²) in [5, 5.41) is 15.2. The summed E-state index contributed by atoms with van der Waals surface area (Å²) >= 11 is 0. The van der Waals surface area contributed by atoms with Crippen molar-refractivity contribution in [1.29, 1.82) is 0 Å². The molecule has 4 aromatic heterocycles. The van der Waals surface area contributed by atoms with E-state index < -0.39 is 32.3 Å². The molecule has 18 aromatic carbocycles. The Morgan fingerprint density at radius 1 is 0.232 bits per heavy atom. The fraction of sp³-hybridized carbons (Fsp3) is 0.150. The first kappa shape index (κ1) is 93.5. The first-order valence-corrected chi connectivity index (χ1v) is 63.7. The molecule has 0 N–H and O–H groups in total. The lowest BCUT2D eigenvalue weighted by molar-refractivity contribution is 0.00578. The van der Waals surface area contributed by atoms with E-state index in [4.69, 9.17) is 18.1 Å². The van der Waals surface area contributed by atoms with Crippen molar-refractivity contribution in [1.82, 2.24) is 9.13 Å². The number of para-hydroxylation sites is 8. The van der Waals surface area contributed by atoms with Crippen LogP contribution in [0.2, 0.25) is 78.6 Å². The Labute approximate surface area is 839 Å². The van der Waals surface area contributed by atoms with Crippen LogP contribution in [0.15, 0.2) is 433 Å². The molecule has 1 aliphatic rings. The highest BCUT2D eigenvalue weighted by molar-refractivity contribution is 6.90. The van der Waals surface area contributed by atoms with Crippen LogP contribution in [0.4, 0.5) is 68.2 Å². The molecule has 23 rings (SSSR count). The quantitative estimate of drug-likeness (QED) is 0.0700. The lowest BCUT2D eigenvalue weighted by atomic mass is 9.78. The van der Waals surface area contributed by atoms with Crippen molar-refractivity contribution < 1.29 is 18.1 Å². The Hall–Kier alpha value is -14.8. The van der Waals surface area contributed by atoms with E-state index in [1.807, 2.05) is 36.4 Å². The van der Waals surface area contributed by atoms with Crippen molar-refractivity contribution in [3.8, 4) is 22.5 Å². The number of fused-ring (bicyclic) bond motifs is 12. The summed E-state index contributed by atoms with van der Waals surface area (Å²) < 4.78 is 29.3. The molecule has 0 atom stereocenters. The summed E-state index contributed by atoms with van der Waals surface area (Å²) in [5.41, 5.74) is 27.8. The van der Waals surface area contributed by atoms with Gasteiger partial charge < -0.3 is 46.9 Å². The van der Waals surface area contributed by atoms with E-state index in [1.54, 1.807) is 0 Å². The zero-order valence-corrected chi connectivity index (χ0v) is 88.3. The molecule has 142 heavy (non-hydrogen) atoms. The van der Waals surface area contributed by atoms with Crippen LogP contribution in [-0.4, -0.2) is 59.8 Å². The second-order valence-electron chi connectivity index (χ2n) is 42.9. The van der Waals surface area contributed by atoms with Crippen LogP contribution in [0, 0.1) is 6.92 Å². The fourth-order valence-electron chi connectivity index (χ4n) is 20.1. The number of nitrogens with zero attached hydrogens (tertiary/aromatic N) is 6. The molecular formula is C127H121BN6O4Si4. The molecule has 0 spiro atoms. The van der Waals surface area contributed by atoms with Gasteiger partial charge in [0.15, 0.2) is 0 Å². The number of aryl methyl sites for hydroxylation is 1. The van der Waals surface area contributed by atoms with Gasteiger partial charge in [-0.3, -0.25) is 0 Å². The number of hydrogen-bond donors (Lipinski definition) is 0. The highest BCUT2D eigenvalue weighted by Gasteiger charge is 2.52. The first-order valence-electron chi connectivity index (χ1n) is 49.7. The third kappa shape index (κ3) is 18.2. The minimum Gasteiger partial charge on any atom is -0.456 e. The van der Waals surface area contributed by atoms with Crippen LogP contribution in [0.5, 0.6) is 0 Å². The van der Waals surface area contributed by atoms with Gasteiger partial charge in [-0.05, 0) is 239 Å². The van der Waals surface area contributed by atoms with E-state index in [2.05, 4.69) is 530 Å². The van der Waals surface area contributed by atoms with Crippen LogP contribution in [0.1, 0.15) is 33.3 Å². The Bertz CT molecular complexity index is 8390. The third-order valence-corrected chi connectivity index (χ3v) is 36.9. The molecule has 1 saturated heterocycles. The molecule has 0 unspecified atom stereocenters. The largest absolute Gasteiger partial charge is 0.494 e. The predicted molar refractivity (Wildman–Crippen MR) is 619 cm³/mol. The van der Waals surface area contributed by atoms with Gasteiger partial charge in [-0.2, -0.15) is 0 Å². The fourth-order valence-corrected chi connectivity index (χ4v) is 24.7. The Balaban J connectivity index is 0.000000140. The molecule has 0 bridgehead atoms. The van der Waals surface area contributed by atoms with Gasteiger partial charge in [-0.15, -0.1) is 0 Å². The molecule has 0 amide bonds. The highest BCUT2D eigenvalue weighted by Crippen LogP contribution is 2.50. The number of hydrogen-bond acceptors (Lipinski definition) is 8. The molecule has 0 radical (unpaired) electrons. The van der Waals surface area contributed by atoms with Crippen molar-refractivity contribution in [2.45, 2.75) is 124 Å². The topological polar surface area (TPSA) is 67.6 Å². The van der Waals surface area contributed by atoms with E-state index in [0.717, 1.165) is 146 Å². The smallest absolute Gasteiger partial charge is 0.456 e. The van der Waals surface area contributed by atoms with E-state index >= 15 is 0 Å². The van der Waals surface area contributed by atoms with Crippen LogP contribution >= 0.6 is 0 Å². The van der Waals surface area contributed by atoms with Crippen LogP contribution in [0.3, 0.4) is 0 Å². The molecular weight excluding hydrogens is 1800 g/mol. The van der Waals surface area contributed by atoms with Crippen LogP contribution in [0.25, 0.3) is 110 Å². The van der Waals surface area contributed by atoms with Crippen LogP contribution < -0.4 is 45.8 Å². The number of anilines is 12. The van der Waals surface area contributed by atoms with Gasteiger partial charge in [0, 0.05) is 117 Å². The molecule has 15 heteroatoms. The SMILES string of the molecule is CC1(C)OB(c2ccc3oc4ccccc4c3c2)OC1(C)C.C[Si](C)(C)c1ccc(N(c2ccc(-c3ccc4oc5ccccc5c4c3)c(N(c3ccccc3)c3ccc([Si](C)(C)C)cc3)c2)c2ccc3c4ccccc4n(-c4ccccc4)c3c2)cc1.Cc1ccc(N(c2ccc([Si](C)(C)C)cc2)c2ccc3c4ccccc4n(-c4ccccc4)c3c2)cc1N(c1ccccc1)c1ccc([Si](C)(C)C)cc1. The van der Waals surface area contributed by atoms with Crippen molar-refractivity contribution in [3.63, 3.8) is 0 Å². The number of furan rings is 2. The highest BCUT2D eigenvalue weighted by atomic mass is 28.3. The molecule has 0 saturated carbocycles. The summed E-state index contributed by atoms with van der Waals surface area (Å²) in [5.74, 6) is 0. The van der Waals surface area contributed by atoms with Crippen molar-refractivity contribution in [2.75, 3.05) is 19.6 Å². The minimum atomic E-state index is -1.57. The standard InChI is InChI=1S/C60H53N3OSi2.C49H49N3Si2.C18H19BO3/c1-65(2,3)49-32-26-45(27-33-49)61(48-31-37-53-52-21-13-15-23-56(52)63(58(53)41-48)44-19-11-8-12-20-44)47-30-36-51(42-25-38-60-55(39-42)54-22-14-16-24-59(54)64-60)57(40-47)62(43-17-9-7-10-18-43)46-28-34-50(35-29-46)66(4,5)6;1-36-22-23-41(34-48(36)51(37-16-10-8-11-17-37)40-26-31-44(32-27-40)54(5,6)7)50(39-24-29-43(30-25-39)53(2,3)4)42-28-33-46-45-20-14-15-21-47(45)52(49(46)35-42)38-18-12-9-13-19-38;1-17(2)18(3,4)22-19(21-17)12-9-10-16-14(11-12)13-7-5-6-8-15(13)20-16/h7-41H,1-6H3;8-35H,1-7H3;5-11H,1-4H3. The first-order chi connectivity index (χ1) is 68.3. The molecule has 22 aromatic rings. The van der Waals surface area contributed by atoms with Gasteiger partial charge in [0.25, 0.3) is 0 Å². The zero-order valence-electron chi connectivity index (χ0n) is 84.3. The Kier molecular flexibility index (Phi) is 24.6. The van der Waals surface area contributed by atoms with Crippen LogP contribution in [-0.2, 0) is 9.31 Å². The molecule has 5 heterocycles. The number of rotatable bonds is 20. The van der Waals surface area contributed by atoms with E-state index in [1.165, 1.54) is 64.4 Å². The molecule has 1 aliphatic heterocycles. The number of aromatic nitrogens is 2. The second-order valence-corrected chi connectivity index (χ2v) is 63.2. The molecule has 0 aliphatic carbocycles. The monoisotopic (exact) mass is 1920 g/mol. The summed E-state index contributed by atoms with van der Waals surface area (Å²) in [6, 6.07) is 155. The molecule has 702 valence electrons. The maximum Gasteiger partial charge on any atom is 0.494 e. The maximum atomic E-state index is 6.35. The van der Waals surface area contributed by atoms with Gasteiger partial charge in [0.05, 0.1) is 76.9 Å². The zero-order chi connectivity index (χ0) is 98.3. The van der Waals surface area contributed by atoms with Crippen molar-refractivity contribution >= 4 is 221 Å². The van der Waals surface area contributed by atoms with Crippen molar-refractivity contribution in [2.24, 2.45) is 0 Å². The van der Waals surface area contributed by atoms with Gasteiger partial charge in [0.1, 0.15) is 22.3 Å². The van der Waals surface area contributed by atoms with E-state index in [0.29, 0.717) is 0 Å². The Morgan fingerprint density at radius 2 is 0.535 bits per heavy atom. The van der Waals surface area contributed by atoms with Gasteiger partial charge in [-0.1, -0.05) is 336 Å². The summed E-state index contributed by atoms with van der Waals surface area (Å²) in [6.07, 6.45) is 0. The van der Waals surface area contributed by atoms with E-state index in [-0.39, 0.29) is 18.3 Å². The number of benzene rings is 18. The minimum absolute atomic E-state index is 0.328. The van der Waals surface area contributed by atoms with Crippen molar-refractivity contribution in [3.05, 3.63) is 430 Å². The predicted octanol–water partition coefficient (Wildman–Crippen LogP) is 33.4. The van der Waals surface area contributed by atoms with Gasteiger partial charge >= 0.3 is 7.12 Å². The maximum absolute atomic E-state index is 6.35. The lowest BCUT2D eigenvalue weighted by Gasteiger charge is -2.32.